The van der Waals surface area contributed by atoms with Crippen LogP contribution in [-0.4, -0.2) is 66.8 Å². The van der Waals surface area contributed by atoms with Gasteiger partial charge < -0.3 is 15.1 Å². The molecule has 136 valence electrons. The number of piperazine rings is 1. The van der Waals surface area contributed by atoms with E-state index in [1.54, 1.807) is 12.1 Å². The number of hydrogen-bond acceptors (Lipinski definition) is 5. The molecule has 3 aliphatic rings. The minimum absolute atomic E-state index is 0.338. The summed E-state index contributed by atoms with van der Waals surface area (Å²) in [6, 6.07) is 4.63. The van der Waals surface area contributed by atoms with Crippen LogP contribution < -0.4 is 10.2 Å². The highest BCUT2D eigenvalue weighted by Crippen LogP contribution is 2.31. The largest absolute Gasteiger partial charge is 0.369 e. The topological polar surface area (TPSA) is 73.0 Å². The summed E-state index contributed by atoms with van der Waals surface area (Å²) in [6.45, 7) is 7.43. The van der Waals surface area contributed by atoms with Gasteiger partial charge in [0.25, 0.3) is 11.8 Å². The van der Waals surface area contributed by atoms with Crippen LogP contribution in [0.5, 0.6) is 0 Å². The van der Waals surface area contributed by atoms with Crippen LogP contribution in [-0.2, 0) is 4.79 Å². The van der Waals surface area contributed by atoms with E-state index in [0.29, 0.717) is 29.7 Å². The van der Waals surface area contributed by atoms with E-state index in [2.05, 4.69) is 28.7 Å². The van der Waals surface area contributed by atoms with Gasteiger partial charge in [-0.3, -0.25) is 19.3 Å². The Labute approximate surface area is 152 Å². The molecule has 7 nitrogen and oxygen atoms in total. The fraction of sp³-hybridized carbons (Fsp3) is 0.421. The number of likely N-dealkylation sites (N-methyl/N-ethyl adjacent to an activating group) is 1. The van der Waals surface area contributed by atoms with Gasteiger partial charge in [-0.15, -0.1) is 0 Å². The van der Waals surface area contributed by atoms with Crippen molar-refractivity contribution in [1.82, 2.24) is 15.1 Å². The summed E-state index contributed by atoms with van der Waals surface area (Å²) in [5.41, 5.74) is 2.34. The van der Waals surface area contributed by atoms with E-state index in [4.69, 9.17) is 0 Å². The van der Waals surface area contributed by atoms with Gasteiger partial charge in [-0.1, -0.05) is 6.58 Å². The van der Waals surface area contributed by atoms with E-state index in [-0.39, 0.29) is 17.7 Å². The van der Waals surface area contributed by atoms with E-state index in [0.717, 1.165) is 36.8 Å². The summed E-state index contributed by atoms with van der Waals surface area (Å²) in [5, 5.41) is 2.65. The monoisotopic (exact) mass is 354 g/mol. The lowest BCUT2D eigenvalue weighted by Crippen LogP contribution is -2.51. The Hall–Kier alpha value is -2.67. The number of allylic oxidation sites excluding steroid dienone is 1. The second kappa shape index (κ2) is 6.25. The van der Waals surface area contributed by atoms with Gasteiger partial charge in [-0.05, 0) is 38.1 Å². The predicted octanol–water partition coefficient (Wildman–Crippen LogP) is 0.827. The van der Waals surface area contributed by atoms with Crippen molar-refractivity contribution in [3.8, 4) is 0 Å². The minimum Gasteiger partial charge on any atom is -0.369 e. The first kappa shape index (κ1) is 16.8. The zero-order chi connectivity index (χ0) is 18.4. The van der Waals surface area contributed by atoms with Gasteiger partial charge in [0.2, 0.25) is 5.91 Å². The molecule has 0 aliphatic carbocycles. The summed E-state index contributed by atoms with van der Waals surface area (Å²) in [7, 11) is 2.09. The van der Waals surface area contributed by atoms with Crippen LogP contribution in [0.25, 0.3) is 0 Å². The highest BCUT2D eigenvalue weighted by Gasteiger charge is 2.44. The first-order valence-corrected chi connectivity index (χ1v) is 8.90. The molecular weight excluding hydrogens is 332 g/mol. The maximum atomic E-state index is 12.9. The Morgan fingerprint density at radius 3 is 2.42 bits per heavy atom. The van der Waals surface area contributed by atoms with Gasteiger partial charge in [-0.2, -0.15) is 0 Å². The lowest BCUT2D eigenvalue weighted by atomic mass is 10.0. The Morgan fingerprint density at radius 1 is 1.04 bits per heavy atom. The molecule has 4 rings (SSSR count). The first-order chi connectivity index (χ1) is 12.5. The summed E-state index contributed by atoms with van der Waals surface area (Å²) < 4.78 is 0. The highest BCUT2D eigenvalue weighted by atomic mass is 16.2. The van der Waals surface area contributed by atoms with Gasteiger partial charge >= 0.3 is 0 Å². The third-order valence-corrected chi connectivity index (χ3v) is 5.40. The molecule has 3 heterocycles. The molecule has 2 saturated heterocycles. The molecule has 1 N–H and O–H groups in total. The number of nitrogens with one attached hydrogen (secondary N) is 1. The van der Waals surface area contributed by atoms with Gasteiger partial charge in [0.1, 0.15) is 6.04 Å². The third-order valence-electron chi connectivity index (χ3n) is 5.40. The van der Waals surface area contributed by atoms with Crippen LogP contribution >= 0.6 is 0 Å². The van der Waals surface area contributed by atoms with Gasteiger partial charge in [0.15, 0.2) is 0 Å². The molecule has 1 unspecified atom stereocenters. The molecule has 0 aromatic heterocycles. The first-order valence-electron chi connectivity index (χ1n) is 8.90. The molecule has 3 aliphatic heterocycles. The quantitative estimate of drug-likeness (QED) is 0.797. The zero-order valence-electron chi connectivity index (χ0n) is 14.8. The molecule has 0 spiro atoms. The Kier molecular flexibility index (Phi) is 4.03. The Balaban J connectivity index is 1.60. The second-order valence-electron chi connectivity index (χ2n) is 7.15. The highest BCUT2D eigenvalue weighted by molar-refractivity contribution is 6.23. The smallest absolute Gasteiger partial charge is 0.262 e. The molecule has 1 aromatic carbocycles. The van der Waals surface area contributed by atoms with Crippen molar-refractivity contribution >= 4 is 23.4 Å². The van der Waals surface area contributed by atoms with Crippen LogP contribution in [0.15, 0.2) is 30.5 Å². The van der Waals surface area contributed by atoms with Gasteiger partial charge in [0.05, 0.1) is 11.1 Å². The summed E-state index contributed by atoms with van der Waals surface area (Å²) in [6.07, 6.45) is 0.984. The van der Waals surface area contributed by atoms with E-state index >= 15 is 0 Å². The zero-order valence-corrected chi connectivity index (χ0v) is 14.8. The molecule has 3 amide bonds. The van der Waals surface area contributed by atoms with Crippen molar-refractivity contribution in [2.24, 2.45) is 0 Å². The number of imide groups is 1. The number of rotatable bonds is 2. The molecule has 0 saturated carbocycles. The maximum absolute atomic E-state index is 12.9. The SMILES string of the molecule is C=C1CCC(N2C(=O)c3ccc(N4CCN(C)CC4)cc3C2=O)C(=O)N1. The van der Waals surface area contributed by atoms with Gasteiger partial charge in [-0.25, -0.2) is 0 Å². The predicted molar refractivity (Wildman–Crippen MR) is 97.0 cm³/mol. The minimum atomic E-state index is -0.764. The van der Waals surface area contributed by atoms with Crippen LogP contribution in [0.4, 0.5) is 5.69 Å². The van der Waals surface area contributed by atoms with Crippen LogP contribution in [0, 0.1) is 0 Å². The Bertz CT molecular complexity index is 811. The summed E-state index contributed by atoms with van der Waals surface area (Å²) in [4.78, 5) is 43.5. The van der Waals surface area contributed by atoms with Crippen molar-refractivity contribution in [2.75, 3.05) is 38.1 Å². The number of benzene rings is 1. The second-order valence-corrected chi connectivity index (χ2v) is 7.15. The van der Waals surface area contributed by atoms with Crippen molar-refractivity contribution < 1.29 is 14.4 Å². The number of carbonyl (C=O) groups excluding carboxylic acids is 3. The van der Waals surface area contributed by atoms with E-state index in [1.807, 2.05) is 6.07 Å². The number of piperidine rings is 1. The number of anilines is 1. The van der Waals surface area contributed by atoms with Crippen LogP contribution in [0.3, 0.4) is 0 Å². The number of amides is 3. The molecule has 0 bridgehead atoms. The summed E-state index contributed by atoms with van der Waals surface area (Å²) in [5.74, 6) is -1.11. The molecule has 2 fully saturated rings. The third kappa shape index (κ3) is 2.68. The fourth-order valence-corrected chi connectivity index (χ4v) is 3.80. The average molecular weight is 354 g/mol. The number of nitrogens with zero attached hydrogens (tertiary/aromatic N) is 3. The molecule has 1 aromatic rings. The maximum Gasteiger partial charge on any atom is 0.262 e. The number of carbonyl (C=O) groups is 3. The number of hydrogen-bond donors (Lipinski definition) is 1. The van der Waals surface area contributed by atoms with Crippen LogP contribution in [0.2, 0.25) is 0 Å². The normalized spacial score (nSPS) is 24.1. The number of fused-ring (bicyclic) bond motifs is 1. The molecular formula is C19H22N4O3. The lowest BCUT2D eigenvalue weighted by molar-refractivity contribution is -0.125. The van der Waals surface area contributed by atoms with Crippen molar-refractivity contribution in [1.29, 1.82) is 0 Å². The fourth-order valence-electron chi connectivity index (χ4n) is 3.80. The van der Waals surface area contributed by atoms with E-state index in [9.17, 15) is 14.4 Å². The molecule has 1 atom stereocenters. The van der Waals surface area contributed by atoms with Crippen molar-refractivity contribution in [2.45, 2.75) is 18.9 Å². The van der Waals surface area contributed by atoms with Crippen molar-refractivity contribution in [3.63, 3.8) is 0 Å². The summed E-state index contributed by atoms with van der Waals surface area (Å²) >= 11 is 0. The lowest BCUT2D eigenvalue weighted by Gasteiger charge is -2.34. The van der Waals surface area contributed by atoms with Crippen LogP contribution in [0.1, 0.15) is 33.6 Å². The molecule has 26 heavy (non-hydrogen) atoms. The van der Waals surface area contributed by atoms with Crippen molar-refractivity contribution in [3.05, 3.63) is 41.6 Å². The standard InChI is InChI=1S/C19H22N4O3/c1-12-3-6-16(17(24)20-12)23-18(25)14-5-4-13(11-15(14)19(23)26)22-9-7-21(2)8-10-22/h4-5,11,16H,1,3,6-10H2,2H3,(H,20,24). The molecule has 0 radical (unpaired) electrons. The average Bonchev–Trinajstić information content (AvgIpc) is 2.87. The van der Waals surface area contributed by atoms with E-state index < -0.39 is 6.04 Å². The molecule has 7 heteroatoms. The van der Waals surface area contributed by atoms with Gasteiger partial charge in [0, 0.05) is 37.6 Å². The van der Waals surface area contributed by atoms with E-state index in [1.165, 1.54) is 0 Å². The Morgan fingerprint density at radius 2 is 1.73 bits per heavy atom.